The minimum Gasteiger partial charge on any atom is -0.450 e. The minimum absolute atomic E-state index is 0.150. The molecule has 0 saturated heterocycles. The Hall–Kier alpha value is -3.62. The van der Waals surface area contributed by atoms with Crippen molar-refractivity contribution in [2.24, 2.45) is 0 Å². The molecule has 140 valence electrons. The van der Waals surface area contributed by atoms with E-state index in [4.69, 9.17) is 4.74 Å². The van der Waals surface area contributed by atoms with Crippen molar-refractivity contribution < 1.29 is 14.3 Å². The van der Waals surface area contributed by atoms with Crippen LogP contribution < -0.4 is 16.0 Å². The van der Waals surface area contributed by atoms with Crippen LogP contribution in [-0.2, 0) is 4.74 Å². The maximum Gasteiger partial charge on any atom is 0.412 e. The van der Waals surface area contributed by atoms with Crippen LogP contribution in [-0.4, -0.2) is 33.9 Å². The number of H-pyrrole nitrogens is 1. The number of hydrogen-bond acceptors (Lipinski definition) is 5. The number of aromatic amines is 1. The van der Waals surface area contributed by atoms with Crippen LogP contribution in [0.15, 0.2) is 42.6 Å². The smallest absolute Gasteiger partial charge is 0.412 e. The molecule has 0 aliphatic rings. The molecule has 1 atom stereocenters. The topological polar surface area (TPSA) is 121 Å². The molecule has 0 aliphatic carbocycles. The van der Waals surface area contributed by atoms with Gasteiger partial charge in [0.1, 0.15) is 5.82 Å². The summed E-state index contributed by atoms with van der Waals surface area (Å²) in [6, 6.07) is 10.7. The van der Waals surface area contributed by atoms with Gasteiger partial charge in [-0.05, 0) is 19.4 Å². The monoisotopic (exact) mass is 368 g/mol. The number of ether oxygens (including phenoxy) is 1. The average molecular weight is 368 g/mol. The van der Waals surface area contributed by atoms with Crippen molar-refractivity contribution in [2.75, 3.05) is 17.2 Å². The summed E-state index contributed by atoms with van der Waals surface area (Å²) in [5, 5.41) is 15.5. The van der Waals surface area contributed by atoms with Crippen LogP contribution in [0.2, 0.25) is 0 Å². The fourth-order valence-corrected chi connectivity index (χ4v) is 2.51. The Morgan fingerprint density at radius 2 is 2.00 bits per heavy atom. The van der Waals surface area contributed by atoms with Crippen LogP contribution in [0.5, 0.6) is 0 Å². The molecule has 4 N–H and O–H groups in total. The van der Waals surface area contributed by atoms with Gasteiger partial charge in [0, 0.05) is 12.3 Å². The first kappa shape index (κ1) is 18.2. The SMILES string of the molecule is CCOC(=O)Nc1n[nH]c2cc(NC(=O)N[C@H](C)c3ccccc3)ncc12. The van der Waals surface area contributed by atoms with Gasteiger partial charge in [-0.2, -0.15) is 5.10 Å². The molecule has 0 bridgehead atoms. The van der Waals surface area contributed by atoms with Gasteiger partial charge in [0.05, 0.1) is 23.6 Å². The zero-order chi connectivity index (χ0) is 19.2. The fraction of sp³-hybridized carbons (Fsp3) is 0.222. The second kappa shape index (κ2) is 8.17. The predicted molar refractivity (Wildman–Crippen MR) is 102 cm³/mol. The first-order chi connectivity index (χ1) is 13.1. The van der Waals surface area contributed by atoms with E-state index in [1.807, 2.05) is 37.3 Å². The molecule has 0 fully saturated rings. The molecule has 1 aromatic carbocycles. The Balaban J connectivity index is 1.65. The molecule has 0 saturated carbocycles. The Bertz CT molecular complexity index is 941. The van der Waals surface area contributed by atoms with Crippen molar-refractivity contribution >= 4 is 34.7 Å². The van der Waals surface area contributed by atoms with Crippen molar-refractivity contribution in [1.29, 1.82) is 0 Å². The highest BCUT2D eigenvalue weighted by Gasteiger charge is 2.13. The molecule has 9 nitrogen and oxygen atoms in total. The van der Waals surface area contributed by atoms with E-state index in [0.717, 1.165) is 5.56 Å². The van der Waals surface area contributed by atoms with Crippen LogP contribution in [0.4, 0.5) is 21.2 Å². The molecule has 9 heteroatoms. The number of nitrogens with one attached hydrogen (secondary N) is 4. The highest BCUT2D eigenvalue weighted by Crippen LogP contribution is 2.22. The summed E-state index contributed by atoms with van der Waals surface area (Å²) < 4.78 is 4.82. The number of hydrogen-bond donors (Lipinski definition) is 4. The number of nitrogens with zero attached hydrogens (tertiary/aromatic N) is 2. The van der Waals surface area contributed by atoms with Crippen molar-refractivity contribution in [3.8, 4) is 0 Å². The molecular weight excluding hydrogens is 348 g/mol. The summed E-state index contributed by atoms with van der Waals surface area (Å²) in [6.45, 7) is 3.87. The Kier molecular flexibility index (Phi) is 5.50. The summed E-state index contributed by atoms with van der Waals surface area (Å²) >= 11 is 0. The van der Waals surface area contributed by atoms with Crippen LogP contribution in [0.1, 0.15) is 25.5 Å². The van der Waals surface area contributed by atoms with Crippen molar-refractivity contribution in [3.63, 3.8) is 0 Å². The molecule has 2 heterocycles. The van der Waals surface area contributed by atoms with Gasteiger partial charge in [0.15, 0.2) is 5.82 Å². The summed E-state index contributed by atoms with van der Waals surface area (Å²) in [6.07, 6.45) is 0.916. The molecular formula is C18H20N6O3. The number of carbonyl (C=O) groups is 2. The average Bonchev–Trinajstić information content (AvgIpc) is 3.04. The van der Waals surface area contributed by atoms with Gasteiger partial charge in [0.2, 0.25) is 0 Å². The molecule has 0 radical (unpaired) electrons. The van der Waals surface area contributed by atoms with E-state index in [2.05, 4.69) is 31.1 Å². The molecule has 27 heavy (non-hydrogen) atoms. The number of anilines is 2. The van der Waals surface area contributed by atoms with Crippen LogP contribution >= 0.6 is 0 Å². The van der Waals surface area contributed by atoms with Crippen molar-refractivity contribution in [3.05, 3.63) is 48.2 Å². The van der Waals surface area contributed by atoms with Crippen LogP contribution in [0, 0.1) is 0 Å². The molecule has 0 unspecified atom stereocenters. The van der Waals surface area contributed by atoms with Gasteiger partial charge in [-0.15, -0.1) is 0 Å². The summed E-state index contributed by atoms with van der Waals surface area (Å²) in [5.74, 6) is 0.663. The van der Waals surface area contributed by atoms with Gasteiger partial charge in [-0.1, -0.05) is 30.3 Å². The van der Waals surface area contributed by atoms with Crippen LogP contribution in [0.3, 0.4) is 0 Å². The number of fused-ring (bicyclic) bond motifs is 1. The van der Waals surface area contributed by atoms with E-state index in [-0.39, 0.29) is 18.7 Å². The molecule has 0 aliphatic heterocycles. The summed E-state index contributed by atoms with van der Waals surface area (Å²) in [7, 11) is 0. The molecule has 3 rings (SSSR count). The lowest BCUT2D eigenvalue weighted by molar-refractivity contribution is 0.168. The molecule has 2 aromatic heterocycles. The standard InChI is InChI=1S/C18H20N6O3/c1-3-27-18(26)22-16-13-10-19-15(9-14(13)23-24-16)21-17(25)20-11(2)12-7-5-4-6-8-12/h4-11H,3H2,1-2H3,(H2,19,20,21,25)(H2,22,23,24,26)/t11-/m1/s1. The lowest BCUT2D eigenvalue weighted by Gasteiger charge is -2.14. The first-order valence-corrected chi connectivity index (χ1v) is 8.47. The number of carbonyl (C=O) groups excluding carboxylic acids is 2. The lowest BCUT2D eigenvalue weighted by atomic mass is 10.1. The van der Waals surface area contributed by atoms with E-state index < -0.39 is 6.09 Å². The fourth-order valence-electron chi connectivity index (χ4n) is 2.51. The van der Waals surface area contributed by atoms with E-state index in [9.17, 15) is 9.59 Å². The van der Waals surface area contributed by atoms with Crippen LogP contribution in [0.25, 0.3) is 10.9 Å². The van der Waals surface area contributed by atoms with Gasteiger partial charge in [0.25, 0.3) is 0 Å². The molecule has 3 aromatic rings. The second-order valence-electron chi connectivity index (χ2n) is 5.76. The maximum absolute atomic E-state index is 12.2. The number of rotatable bonds is 5. The van der Waals surface area contributed by atoms with Gasteiger partial charge < -0.3 is 10.1 Å². The zero-order valence-electron chi connectivity index (χ0n) is 14.9. The molecule has 0 spiro atoms. The largest absolute Gasteiger partial charge is 0.450 e. The summed E-state index contributed by atoms with van der Waals surface area (Å²) in [4.78, 5) is 27.9. The predicted octanol–water partition coefficient (Wildman–Crippen LogP) is 3.41. The first-order valence-electron chi connectivity index (χ1n) is 8.47. The minimum atomic E-state index is -0.595. The van der Waals surface area contributed by atoms with Gasteiger partial charge >= 0.3 is 12.1 Å². The Labute approximate surface area is 155 Å². The van der Waals surface area contributed by atoms with E-state index in [1.54, 1.807) is 13.0 Å². The number of benzene rings is 1. The number of aromatic nitrogens is 3. The Morgan fingerprint density at radius 1 is 1.22 bits per heavy atom. The van der Waals surface area contributed by atoms with Crippen molar-refractivity contribution in [1.82, 2.24) is 20.5 Å². The highest BCUT2D eigenvalue weighted by molar-refractivity contribution is 5.98. The third-order valence-corrected chi connectivity index (χ3v) is 3.83. The highest BCUT2D eigenvalue weighted by atomic mass is 16.5. The quantitative estimate of drug-likeness (QED) is 0.550. The third-order valence-electron chi connectivity index (χ3n) is 3.83. The number of urea groups is 1. The van der Waals surface area contributed by atoms with Gasteiger partial charge in [-0.3, -0.25) is 15.7 Å². The van der Waals surface area contributed by atoms with Crippen molar-refractivity contribution in [2.45, 2.75) is 19.9 Å². The van der Waals surface area contributed by atoms with Gasteiger partial charge in [-0.25, -0.2) is 14.6 Å². The Morgan fingerprint density at radius 3 is 2.74 bits per heavy atom. The lowest BCUT2D eigenvalue weighted by Crippen LogP contribution is -2.31. The van der Waals surface area contributed by atoms with E-state index in [0.29, 0.717) is 22.5 Å². The van der Waals surface area contributed by atoms with E-state index >= 15 is 0 Å². The number of pyridine rings is 1. The van der Waals surface area contributed by atoms with E-state index in [1.165, 1.54) is 6.20 Å². The molecule has 3 amide bonds. The zero-order valence-corrected chi connectivity index (χ0v) is 14.9. The maximum atomic E-state index is 12.2. The number of amides is 3. The normalized spacial score (nSPS) is 11.6. The third kappa shape index (κ3) is 4.51. The second-order valence-corrected chi connectivity index (χ2v) is 5.76. The summed E-state index contributed by atoms with van der Waals surface area (Å²) in [5.41, 5.74) is 1.61.